The molecule has 1 aromatic heterocycles. The first kappa shape index (κ1) is 7.74. The third-order valence-electron chi connectivity index (χ3n) is 0.953. The summed E-state index contributed by atoms with van der Waals surface area (Å²) in [7, 11) is 0. The molecule has 1 aromatic rings. The third kappa shape index (κ3) is 2.81. The number of aromatic nitrogens is 1. The van der Waals surface area contributed by atoms with E-state index in [1.165, 1.54) is 12.5 Å². The molecule has 60 valence electrons. The largest absolute Gasteiger partial charge is 0.446 e. The normalized spacial score (nSPS) is 9.82. The summed E-state index contributed by atoms with van der Waals surface area (Å²) in [5.41, 5.74) is 4.82. The maximum atomic E-state index is 10.2. The Morgan fingerprint density at radius 2 is 2.64 bits per heavy atom. The zero-order valence-corrected chi connectivity index (χ0v) is 5.82. The van der Waals surface area contributed by atoms with Crippen molar-refractivity contribution in [3.05, 3.63) is 18.4 Å². The fraction of sp³-hybridized carbons (Fsp3) is 0.333. The first-order valence-corrected chi connectivity index (χ1v) is 3.03. The van der Waals surface area contributed by atoms with Crippen LogP contribution in [0, 0.1) is 0 Å². The van der Waals surface area contributed by atoms with E-state index in [1.54, 1.807) is 0 Å². The number of carbonyl (C=O) groups is 1. The van der Waals surface area contributed by atoms with Gasteiger partial charge >= 0.3 is 0 Å². The van der Waals surface area contributed by atoms with Crippen molar-refractivity contribution in [2.45, 2.75) is 6.61 Å². The molecule has 0 atom stereocenters. The lowest BCUT2D eigenvalue weighted by molar-refractivity contribution is -0.123. The van der Waals surface area contributed by atoms with E-state index >= 15 is 0 Å². The van der Waals surface area contributed by atoms with E-state index in [1.807, 2.05) is 0 Å². The maximum Gasteiger partial charge on any atom is 0.243 e. The smallest absolute Gasteiger partial charge is 0.243 e. The predicted molar refractivity (Wildman–Crippen MR) is 35.4 cm³/mol. The van der Waals surface area contributed by atoms with Gasteiger partial charge in [0.15, 0.2) is 0 Å². The summed E-state index contributed by atoms with van der Waals surface area (Å²) in [5.74, 6) is -0.0668. The second kappa shape index (κ2) is 3.72. The summed E-state index contributed by atoms with van der Waals surface area (Å²) in [4.78, 5) is 13.9. The lowest BCUT2D eigenvalue weighted by Crippen LogP contribution is -2.17. The molecule has 5 nitrogen and oxygen atoms in total. The predicted octanol–water partition coefficient (Wildman–Crippen LogP) is -0.324. The number of carbonyl (C=O) groups excluding carboxylic acids is 1. The van der Waals surface area contributed by atoms with Crippen LogP contribution in [0.1, 0.15) is 5.89 Å². The molecule has 0 saturated heterocycles. The van der Waals surface area contributed by atoms with Gasteiger partial charge in [0.2, 0.25) is 11.8 Å². The monoisotopic (exact) mass is 156 g/mol. The van der Waals surface area contributed by atoms with Crippen molar-refractivity contribution in [1.29, 1.82) is 0 Å². The minimum Gasteiger partial charge on any atom is -0.446 e. The quantitative estimate of drug-likeness (QED) is 0.647. The molecule has 2 N–H and O–H groups in total. The Bertz CT molecular complexity index is 220. The molecule has 0 spiro atoms. The Morgan fingerprint density at radius 3 is 3.18 bits per heavy atom. The Morgan fingerprint density at radius 1 is 1.82 bits per heavy atom. The number of ether oxygens (including phenoxy) is 1. The van der Waals surface area contributed by atoms with Crippen LogP contribution in [0.25, 0.3) is 0 Å². The van der Waals surface area contributed by atoms with Crippen molar-refractivity contribution in [1.82, 2.24) is 4.98 Å². The number of nitrogens with zero attached hydrogens (tertiary/aromatic N) is 1. The van der Waals surface area contributed by atoms with Crippen molar-refractivity contribution in [3.63, 3.8) is 0 Å². The van der Waals surface area contributed by atoms with Crippen LogP contribution < -0.4 is 5.73 Å². The van der Waals surface area contributed by atoms with Crippen molar-refractivity contribution in [2.75, 3.05) is 6.61 Å². The Hall–Kier alpha value is -1.36. The molecule has 0 aromatic carbocycles. The van der Waals surface area contributed by atoms with Gasteiger partial charge in [-0.15, -0.1) is 0 Å². The van der Waals surface area contributed by atoms with E-state index in [0.717, 1.165) is 0 Å². The lowest BCUT2D eigenvalue weighted by Gasteiger charge is -1.95. The van der Waals surface area contributed by atoms with Crippen LogP contribution in [0.2, 0.25) is 0 Å². The molecule has 0 fully saturated rings. The molecule has 0 radical (unpaired) electrons. The summed E-state index contributed by atoms with van der Waals surface area (Å²) in [5, 5.41) is 0. The van der Waals surface area contributed by atoms with Crippen LogP contribution in [0.5, 0.6) is 0 Å². The molecule has 0 bridgehead atoms. The summed E-state index contributed by atoms with van der Waals surface area (Å²) in [6.45, 7) is 0.0678. The molecular formula is C6H8N2O3. The second-order valence-corrected chi connectivity index (χ2v) is 1.88. The Kier molecular flexibility index (Phi) is 2.62. The fourth-order valence-corrected chi connectivity index (χ4v) is 0.563. The molecular weight excluding hydrogens is 148 g/mol. The van der Waals surface area contributed by atoms with E-state index in [2.05, 4.69) is 4.98 Å². The van der Waals surface area contributed by atoms with Gasteiger partial charge in [0.1, 0.15) is 19.5 Å². The van der Waals surface area contributed by atoms with Crippen molar-refractivity contribution < 1.29 is 13.9 Å². The van der Waals surface area contributed by atoms with E-state index in [0.29, 0.717) is 5.89 Å². The minimum atomic E-state index is -0.503. The highest BCUT2D eigenvalue weighted by Crippen LogP contribution is 1.95. The van der Waals surface area contributed by atoms with Gasteiger partial charge in [-0.3, -0.25) is 4.79 Å². The van der Waals surface area contributed by atoms with Gasteiger partial charge in [-0.05, 0) is 0 Å². The second-order valence-electron chi connectivity index (χ2n) is 1.88. The molecule has 0 aliphatic heterocycles. The van der Waals surface area contributed by atoms with Gasteiger partial charge in [-0.1, -0.05) is 0 Å². The molecule has 0 aliphatic carbocycles. The van der Waals surface area contributed by atoms with E-state index in [9.17, 15) is 4.79 Å². The Balaban J connectivity index is 2.19. The average Bonchev–Trinajstić information content (AvgIpc) is 2.39. The first-order chi connectivity index (χ1) is 5.29. The molecule has 1 amide bonds. The van der Waals surface area contributed by atoms with Gasteiger partial charge in [0, 0.05) is 0 Å². The van der Waals surface area contributed by atoms with Gasteiger partial charge in [0.25, 0.3) is 0 Å². The molecule has 1 heterocycles. The van der Waals surface area contributed by atoms with Crippen molar-refractivity contribution in [2.24, 2.45) is 5.73 Å². The molecule has 1 rings (SSSR count). The average molecular weight is 156 g/mol. The molecule has 0 aliphatic rings. The summed E-state index contributed by atoms with van der Waals surface area (Å²) >= 11 is 0. The van der Waals surface area contributed by atoms with E-state index < -0.39 is 5.91 Å². The van der Waals surface area contributed by atoms with Crippen molar-refractivity contribution in [3.8, 4) is 0 Å². The highest BCUT2D eigenvalue weighted by atomic mass is 16.5. The highest BCUT2D eigenvalue weighted by Gasteiger charge is 1.98. The first-order valence-electron chi connectivity index (χ1n) is 3.03. The SMILES string of the molecule is NC(=O)COCc1ncco1. The van der Waals surface area contributed by atoms with Crippen LogP contribution in [0.15, 0.2) is 16.9 Å². The van der Waals surface area contributed by atoms with Crippen LogP contribution >= 0.6 is 0 Å². The molecule has 11 heavy (non-hydrogen) atoms. The number of amides is 1. The highest BCUT2D eigenvalue weighted by molar-refractivity contribution is 5.74. The minimum absolute atomic E-state index is 0.109. The standard InChI is InChI=1S/C6H8N2O3/c7-5(9)3-10-4-6-8-1-2-11-6/h1-2H,3-4H2,(H2,7,9). The van der Waals surface area contributed by atoms with Gasteiger partial charge < -0.3 is 14.9 Å². The van der Waals surface area contributed by atoms with Crippen LogP contribution in [0.4, 0.5) is 0 Å². The zero-order valence-electron chi connectivity index (χ0n) is 5.82. The number of hydrogen-bond donors (Lipinski definition) is 1. The fourth-order valence-electron chi connectivity index (χ4n) is 0.563. The van der Waals surface area contributed by atoms with Crippen LogP contribution in [0.3, 0.4) is 0 Å². The molecule has 5 heteroatoms. The zero-order chi connectivity index (χ0) is 8.10. The van der Waals surface area contributed by atoms with Gasteiger partial charge in [0.05, 0.1) is 6.20 Å². The van der Waals surface area contributed by atoms with Crippen LogP contribution in [-0.4, -0.2) is 17.5 Å². The third-order valence-corrected chi connectivity index (χ3v) is 0.953. The van der Waals surface area contributed by atoms with Gasteiger partial charge in [-0.2, -0.15) is 0 Å². The number of rotatable bonds is 4. The van der Waals surface area contributed by atoms with E-state index in [-0.39, 0.29) is 13.2 Å². The molecule has 0 unspecified atom stereocenters. The number of oxazole rings is 1. The van der Waals surface area contributed by atoms with E-state index in [4.69, 9.17) is 14.9 Å². The van der Waals surface area contributed by atoms with Crippen LogP contribution in [-0.2, 0) is 16.1 Å². The number of nitrogens with two attached hydrogens (primary N) is 1. The maximum absolute atomic E-state index is 10.2. The summed E-state index contributed by atoms with van der Waals surface area (Å²) in [6.07, 6.45) is 2.94. The summed E-state index contributed by atoms with van der Waals surface area (Å²) < 4.78 is 9.64. The number of primary amides is 1. The van der Waals surface area contributed by atoms with Gasteiger partial charge in [-0.25, -0.2) is 4.98 Å². The van der Waals surface area contributed by atoms with Crippen molar-refractivity contribution >= 4 is 5.91 Å². The summed E-state index contributed by atoms with van der Waals surface area (Å²) in [6, 6.07) is 0. The topological polar surface area (TPSA) is 78.4 Å². The number of hydrogen-bond acceptors (Lipinski definition) is 4. The molecule has 0 saturated carbocycles. The lowest BCUT2D eigenvalue weighted by atomic mass is 10.6. The Labute approximate surface area is 63.2 Å².